The number of piperazine rings is 1. The van der Waals surface area contributed by atoms with Gasteiger partial charge >= 0.3 is 0 Å². The van der Waals surface area contributed by atoms with Gasteiger partial charge in [0.25, 0.3) is 0 Å². The average Bonchev–Trinajstić information content (AvgIpc) is 2.81. The van der Waals surface area contributed by atoms with Gasteiger partial charge in [-0.25, -0.2) is 8.78 Å². The molecule has 0 saturated carbocycles. The van der Waals surface area contributed by atoms with Gasteiger partial charge in [0.15, 0.2) is 11.6 Å². The molecule has 4 rings (SSSR count). The molecule has 7 heteroatoms. The lowest BCUT2D eigenvalue weighted by molar-refractivity contribution is 0.215. The lowest BCUT2D eigenvalue weighted by atomic mass is 9.99. The summed E-state index contributed by atoms with van der Waals surface area (Å²) in [7, 11) is 0. The second-order valence-electron chi connectivity index (χ2n) is 7.70. The normalized spacial score (nSPS) is 16.4. The van der Waals surface area contributed by atoms with E-state index in [1.54, 1.807) is 18.2 Å². The van der Waals surface area contributed by atoms with Gasteiger partial charge in [0.1, 0.15) is 6.07 Å². The first-order chi connectivity index (χ1) is 15.5. The zero-order chi connectivity index (χ0) is 22.7. The van der Waals surface area contributed by atoms with Crippen molar-refractivity contribution in [3.8, 4) is 12.1 Å². The number of anilines is 1. The zero-order valence-corrected chi connectivity index (χ0v) is 17.9. The third-order valence-electron chi connectivity index (χ3n) is 5.66. The van der Waals surface area contributed by atoms with Gasteiger partial charge < -0.3 is 4.90 Å². The van der Waals surface area contributed by atoms with Gasteiger partial charge in [-0.15, -0.1) is 0 Å². The highest BCUT2D eigenvalue weighted by Gasteiger charge is 2.30. The van der Waals surface area contributed by atoms with Crippen molar-refractivity contribution < 1.29 is 8.78 Å². The van der Waals surface area contributed by atoms with Gasteiger partial charge in [0, 0.05) is 31.2 Å². The van der Waals surface area contributed by atoms with E-state index in [1.165, 1.54) is 6.07 Å². The summed E-state index contributed by atoms with van der Waals surface area (Å²) in [4.78, 5) is 4.34. The molecule has 1 heterocycles. The van der Waals surface area contributed by atoms with Crippen LogP contribution in [0.4, 0.5) is 14.5 Å². The van der Waals surface area contributed by atoms with Crippen LogP contribution in [-0.4, -0.2) is 24.5 Å². The summed E-state index contributed by atoms with van der Waals surface area (Å²) in [6.07, 6.45) is 0. The summed E-state index contributed by atoms with van der Waals surface area (Å²) >= 11 is 6.08. The highest BCUT2D eigenvalue weighted by molar-refractivity contribution is 6.30. The molecule has 1 aliphatic heterocycles. The largest absolute Gasteiger partial charge is 0.361 e. The fourth-order valence-electron chi connectivity index (χ4n) is 4.08. The maximum absolute atomic E-state index is 13.7. The van der Waals surface area contributed by atoms with Crippen molar-refractivity contribution in [2.75, 3.05) is 24.5 Å². The van der Waals surface area contributed by atoms with Crippen molar-refractivity contribution in [3.05, 3.63) is 99.6 Å². The second-order valence-corrected chi connectivity index (χ2v) is 8.14. The molecular weight excluding hydrogens is 430 g/mol. The molecule has 0 aliphatic carbocycles. The molecule has 3 aromatic carbocycles. The van der Waals surface area contributed by atoms with Crippen LogP contribution in [0.15, 0.2) is 60.7 Å². The Bertz CT molecular complexity index is 1210. The van der Waals surface area contributed by atoms with E-state index in [-0.39, 0.29) is 6.04 Å². The van der Waals surface area contributed by atoms with Gasteiger partial charge in [-0.05, 0) is 53.6 Å². The smallest absolute Gasteiger partial charge is 0.159 e. The van der Waals surface area contributed by atoms with Gasteiger partial charge in [-0.1, -0.05) is 29.8 Å². The first-order valence-corrected chi connectivity index (χ1v) is 10.5. The molecule has 1 atom stereocenters. The summed E-state index contributed by atoms with van der Waals surface area (Å²) in [6, 6.07) is 20.8. The number of rotatable bonds is 4. The van der Waals surface area contributed by atoms with E-state index in [0.717, 1.165) is 17.3 Å². The highest BCUT2D eigenvalue weighted by atomic mass is 35.5. The summed E-state index contributed by atoms with van der Waals surface area (Å²) in [6.45, 7) is 2.39. The van der Waals surface area contributed by atoms with Crippen molar-refractivity contribution in [2.45, 2.75) is 12.6 Å². The van der Waals surface area contributed by atoms with E-state index >= 15 is 0 Å². The lowest BCUT2D eigenvalue weighted by Crippen LogP contribution is -2.48. The Labute approximate surface area is 190 Å². The molecular formula is C25H19ClF2N4. The predicted molar refractivity (Wildman–Crippen MR) is 119 cm³/mol. The van der Waals surface area contributed by atoms with E-state index in [1.807, 2.05) is 30.3 Å². The van der Waals surface area contributed by atoms with Crippen LogP contribution in [0.3, 0.4) is 0 Å². The summed E-state index contributed by atoms with van der Waals surface area (Å²) < 4.78 is 27.0. The molecule has 0 N–H and O–H groups in total. The van der Waals surface area contributed by atoms with Crippen LogP contribution in [0.5, 0.6) is 0 Å². The summed E-state index contributed by atoms with van der Waals surface area (Å²) in [5.41, 5.74) is 3.36. The monoisotopic (exact) mass is 448 g/mol. The minimum absolute atomic E-state index is 0.0913. The van der Waals surface area contributed by atoms with Crippen LogP contribution in [0.2, 0.25) is 5.02 Å². The minimum atomic E-state index is -0.859. The summed E-state index contributed by atoms with van der Waals surface area (Å²) in [5.74, 6) is -1.71. The Morgan fingerprint density at radius 2 is 1.69 bits per heavy atom. The number of nitrogens with zero attached hydrogens (tertiary/aromatic N) is 4. The van der Waals surface area contributed by atoms with Crippen molar-refractivity contribution in [3.63, 3.8) is 0 Å². The second kappa shape index (κ2) is 9.36. The Morgan fingerprint density at radius 3 is 2.38 bits per heavy atom. The lowest BCUT2D eigenvalue weighted by Gasteiger charge is -2.43. The zero-order valence-electron chi connectivity index (χ0n) is 17.1. The van der Waals surface area contributed by atoms with E-state index in [9.17, 15) is 19.3 Å². The minimum Gasteiger partial charge on any atom is -0.361 e. The van der Waals surface area contributed by atoms with Crippen LogP contribution in [0.25, 0.3) is 0 Å². The van der Waals surface area contributed by atoms with Crippen molar-refractivity contribution in [1.82, 2.24) is 4.90 Å². The highest BCUT2D eigenvalue weighted by Crippen LogP contribution is 2.34. The molecule has 1 aliphatic rings. The van der Waals surface area contributed by atoms with Gasteiger partial charge in [-0.3, -0.25) is 4.90 Å². The quantitative estimate of drug-likeness (QED) is 0.534. The third-order valence-corrected chi connectivity index (χ3v) is 5.92. The standard InChI is InChI=1S/C25H19ClF2N4/c26-21-5-3-19(4-6-21)25-16-31(15-18-1-7-22(27)23(28)12-18)9-10-32(25)24-8-2-17(13-29)11-20(24)14-30/h1-8,11-12,25H,9-10,15-16H2. The Kier molecular flexibility index (Phi) is 6.37. The van der Waals surface area contributed by atoms with Crippen molar-refractivity contribution >= 4 is 17.3 Å². The number of nitriles is 2. The molecule has 1 fully saturated rings. The van der Waals surface area contributed by atoms with Crippen LogP contribution in [-0.2, 0) is 6.54 Å². The molecule has 0 radical (unpaired) electrons. The molecule has 0 amide bonds. The fourth-order valence-corrected chi connectivity index (χ4v) is 4.21. The molecule has 0 aromatic heterocycles. The number of halogens is 3. The molecule has 32 heavy (non-hydrogen) atoms. The molecule has 1 unspecified atom stereocenters. The van der Waals surface area contributed by atoms with Crippen LogP contribution >= 0.6 is 11.6 Å². The number of hydrogen-bond acceptors (Lipinski definition) is 4. The average molecular weight is 449 g/mol. The molecule has 4 nitrogen and oxygen atoms in total. The van der Waals surface area contributed by atoms with E-state index in [4.69, 9.17) is 11.6 Å². The third kappa shape index (κ3) is 4.57. The predicted octanol–water partition coefficient (Wildman–Crippen LogP) is 5.43. The molecule has 160 valence electrons. The Morgan fingerprint density at radius 1 is 0.906 bits per heavy atom. The van der Waals surface area contributed by atoms with E-state index in [0.29, 0.717) is 47.9 Å². The summed E-state index contributed by atoms with van der Waals surface area (Å²) in [5, 5.41) is 19.5. The number of benzene rings is 3. The Hall–Kier alpha value is -3.45. The fraction of sp³-hybridized carbons (Fsp3) is 0.200. The van der Waals surface area contributed by atoms with Gasteiger partial charge in [0.2, 0.25) is 0 Å². The first kappa shape index (κ1) is 21.8. The SMILES string of the molecule is N#Cc1ccc(N2CCN(Cc3ccc(F)c(F)c3)CC2c2ccc(Cl)cc2)c(C#N)c1. The number of hydrogen-bond donors (Lipinski definition) is 0. The molecule has 0 bridgehead atoms. The Balaban J connectivity index is 1.66. The van der Waals surface area contributed by atoms with Crippen LogP contribution in [0.1, 0.15) is 28.3 Å². The van der Waals surface area contributed by atoms with Crippen molar-refractivity contribution in [2.24, 2.45) is 0 Å². The topological polar surface area (TPSA) is 54.1 Å². The van der Waals surface area contributed by atoms with Gasteiger partial charge in [0.05, 0.1) is 28.9 Å². The van der Waals surface area contributed by atoms with E-state index < -0.39 is 11.6 Å². The maximum Gasteiger partial charge on any atom is 0.159 e. The molecule has 0 spiro atoms. The molecule has 1 saturated heterocycles. The first-order valence-electron chi connectivity index (χ1n) is 10.1. The maximum atomic E-state index is 13.7. The van der Waals surface area contributed by atoms with E-state index in [2.05, 4.69) is 21.9 Å². The molecule has 3 aromatic rings. The van der Waals surface area contributed by atoms with Gasteiger partial charge in [-0.2, -0.15) is 10.5 Å². The van der Waals surface area contributed by atoms with Crippen LogP contribution < -0.4 is 4.90 Å². The van der Waals surface area contributed by atoms with Crippen LogP contribution in [0, 0.1) is 34.3 Å². The van der Waals surface area contributed by atoms with Crippen molar-refractivity contribution in [1.29, 1.82) is 10.5 Å².